The molecule has 7 aromatic rings. The molecule has 7 heteroatoms. The molecule has 3 aliphatic rings. The van der Waals surface area contributed by atoms with Crippen LogP contribution < -0.4 is 0 Å². The van der Waals surface area contributed by atoms with Crippen LogP contribution in [0.1, 0.15) is 138 Å². The van der Waals surface area contributed by atoms with Gasteiger partial charge in [0.05, 0.1) is 33.8 Å². The van der Waals surface area contributed by atoms with Crippen LogP contribution in [-0.2, 0) is 5.41 Å². The SMILES string of the molecule is C1=Cc2cc3ccc(cc4ccc(cc5nc(cc1n2)C=C5)[nH]4)[nH]3.CCCCCCCCC1(CCCCCCCC)c2ccccc2-c2ccccc21.c1cnc2cscc2n1. The van der Waals surface area contributed by atoms with E-state index in [4.69, 9.17) is 0 Å². The molecule has 2 aromatic carbocycles. The van der Waals surface area contributed by atoms with Crippen molar-refractivity contribution in [1.82, 2.24) is 29.9 Å². The molecule has 0 saturated heterocycles. The molecule has 0 unspecified atom stereocenters. The fraction of sp³-hybridized carbons (Fsp3) is 0.309. The third kappa shape index (κ3) is 10.7. The minimum atomic E-state index is 0.253. The molecule has 0 spiro atoms. The van der Waals surface area contributed by atoms with E-state index < -0.39 is 0 Å². The molecule has 0 amide bonds. The van der Waals surface area contributed by atoms with Crippen molar-refractivity contribution in [1.29, 1.82) is 0 Å². The number of nitrogens with zero attached hydrogens (tertiary/aromatic N) is 4. The van der Waals surface area contributed by atoms with Crippen LogP contribution in [-0.4, -0.2) is 29.9 Å². The quantitative estimate of drug-likeness (QED) is 0.107. The topological polar surface area (TPSA) is 83.1 Å². The van der Waals surface area contributed by atoms with Crippen molar-refractivity contribution >= 4 is 68.7 Å². The fourth-order valence-corrected chi connectivity index (χ4v) is 9.83. The Morgan fingerprint density at radius 3 is 1.32 bits per heavy atom. The Balaban J connectivity index is 0.000000143. The zero-order valence-corrected chi connectivity index (χ0v) is 37.3. The number of aromatic amines is 2. The van der Waals surface area contributed by atoms with E-state index in [0.29, 0.717) is 0 Å². The van der Waals surface area contributed by atoms with Crippen LogP contribution in [0.5, 0.6) is 0 Å². The minimum absolute atomic E-state index is 0.253. The number of hydrogen-bond acceptors (Lipinski definition) is 5. The first-order valence-corrected chi connectivity index (χ1v) is 23.9. The van der Waals surface area contributed by atoms with Crippen LogP contribution in [0, 0.1) is 0 Å². The van der Waals surface area contributed by atoms with Gasteiger partial charge >= 0.3 is 0 Å². The molecule has 0 fully saturated rings. The van der Waals surface area contributed by atoms with Gasteiger partial charge in [0.25, 0.3) is 0 Å². The van der Waals surface area contributed by atoms with Crippen LogP contribution >= 0.6 is 11.3 Å². The zero-order chi connectivity index (χ0) is 42.4. The fourth-order valence-electron chi connectivity index (χ4n) is 9.14. The highest BCUT2D eigenvalue weighted by molar-refractivity contribution is 7.09. The van der Waals surface area contributed by atoms with Crippen LogP contribution in [0.15, 0.2) is 120 Å². The van der Waals surface area contributed by atoms with Crippen LogP contribution in [0.2, 0.25) is 0 Å². The summed E-state index contributed by atoms with van der Waals surface area (Å²) in [7, 11) is 0. The summed E-state index contributed by atoms with van der Waals surface area (Å²) in [5, 5.41) is 3.98. The van der Waals surface area contributed by atoms with Crippen molar-refractivity contribution in [3.8, 4) is 11.1 Å². The number of fused-ring (bicyclic) bond motifs is 12. The predicted octanol–water partition coefficient (Wildman–Crippen LogP) is 15.8. The Kier molecular flexibility index (Phi) is 14.7. The summed E-state index contributed by atoms with van der Waals surface area (Å²) in [4.78, 5) is 24.2. The van der Waals surface area contributed by atoms with Crippen molar-refractivity contribution in [2.75, 3.05) is 0 Å². The Bertz CT molecular complexity index is 2590. The number of unbranched alkanes of at least 4 members (excludes halogenated alkanes) is 10. The monoisotopic (exact) mass is 836 g/mol. The Morgan fingerprint density at radius 2 is 0.855 bits per heavy atom. The number of benzene rings is 2. The lowest BCUT2D eigenvalue weighted by molar-refractivity contribution is 0.398. The van der Waals surface area contributed by atoms with Crippen molar-refractivity contribution in [3.63, 3.8) is 0 Å². The second kappa shape index (κ2) is 21.2. The third-order valence-corrected chi connectivity index (χ3v) is 13.0. The summed E-state index contributed by atoms with van der Waals surface area (Å²) in [5.41, 5.74) is 16.3. The largest absolute Gasteiger partial charge is 0.355 e. The van der Waals surface area contributed by atoms with Crippen molar-refractivity contribution < 1.29 is 0 Å². The predicted molar refractivity (Wildman–Crippen MR) is 265 cm³/mol. The summed E-state index contributed by atoms with van der Waals surface area (Å²) in [6.45, 7) is 4.61. The second-order valence-electron chi connectivity index (χ2n) is 16.8. The van der Waals surface area contributed by atoms with Gasteiger partial charge in [-0.2, -0.15) is 0 Å². The molecule has 1 aliphatic carbocycles. The lowest BCUT2D eigenvalue weighted by Crippen LogP contribution is -2.25. The maximum atomic E-state index is 4.62. The average Bonchev–Trinajstić information content (AvgIpc) is 4.18. The van der Waals surface area contributed by atoms with Gasteiger partial charge in [0.15, 0.2) is 0 Å². The molecule has 7 heterocycles. The molecule has 0 saturated carbocycles. The van der Waals surface area contributed by atoms with Crippen molar-refractivity contribution in [3.05, 3.63) is 154 Å². The molecule has 8 bridgehead atoms. The first kappa shape index (κ1) is 42.8. The number of H-pyrrole nitrogens is 2. The summed E-state index contributed by atoms with van der Waals surface area (Å²) in [5.74, 6) is 0. The van der Waals surface area contributed by atoms with E-state index in [-0.39, 0.29) is 5.41 Å². The lowest BCUT2D eigenvalue weighted by Gasteiger charge is -2.33. The van der Waals surface area contributed by atoms with Gasteiger partial charge in [-0.1, -0.05) is 139 Å². The van der Waals surface area contributed by atoms with Gasteiger partial charge in [0.1, 0.15) is 0 Å². The van der Waals surface area contributed by atoms with E-state index in [1.54, 1.807) is 34.9 Å². The van der Waals surface area contributed by atoms with Gasteiger partial charge < -0.3 is 9.97 Å². The summed E-state index contributed by atoms with van der Waals surface area (Å²) in [6.07, 6.45) is 30.7. The highest BCUT2D eigenvalue weighted by Gasteiger charge is 2.41. The van der Waals surface area contributed by atoms with E-state index in [2.05, 4.69) is 123 Å². The first-order valence-electron chi connectivity index (χ1n) is 23.0. The van der Waals surface area contributed by atoms with E-state index in [9.17, 15) is 0 Å². The molecule has 316 valence electrons. The second-order valence-corrected chi connectivity index (χ2v) is 17.6. The summed E-state index contributed by atoms with van der Waals surface area (Å²) >= 11 is 1.63. The van der Waals surface area contributed by atoms with E-state index in [1.165, 1.54) is 101 Å². The summed E-state index contributed by atoms with van der Waals surface area (Å²) < 4.78 is 0. The van der Waals surface area contributed by atoms with Gasteiger partial charge in [-0.3, -0.25) is 9.97 Å². The van der Waals surface area contributed by atoms with E-state index >= 15 is 0 Å². The van der Waals surface area contributed by atoms with Gasteiger partial charge in [0, 0.05) is 50.6 Å². The first-order chi connectivity index (χ1) is 30.6. The number of rotatable bonds is 14. The molecule has 0 radical (unpaired) electrons. The molecular weight excluding hydrogens is 777 g/mol. The standard InChI is InChI=1S/C29H42.C20H14N4.C6H4N2S/c1-3-5-7-9-11-17-23-29(24-18-12-10-8-6-4-2)27-21-15-13-19-25(27)26-20-14-16-22-28(26)29;1-2-14-10-16-5-6-18(23-16)12-20-8-7-19(24-20)11-17-4-3-15(22-17)9-13(1)21-14;1-2-8-6-4-9-3-5(6)7-1/h13-16,19-22H,3-12,17-18,23-24H2,1-2H3;1-12,21-22H;1-4H. The zero-order valence-electron chi connectivity index (χ0n) is 36.5. The van der Waals surface area contributed by atoms with Crippen LogP contribution in [0.4, 0.5) is 0 Å². The number of nitrogens with one attached hydrogen (secondary N) is 2. The van der Waals surface area contributed by atoms with Gasteiger partial charge in [-0.05, 0) is 108 Å². The summed E-state index contributed by atoms with van der Waals surface area (Å²) in [6, 6.07) is 35.0. The Labute approximate surface area is 371 Å². The highest BCUT2D eigenvalue weighted by Crippen LogP contribution is 2.54. The Morgan fingerprint density at radius 1 is 0.452 bits per heavy atom. The van der Waals surface area contributed by atoms with Crippen molar-refractivity contribution in [2.45, 2.75) is 109 Å². The molecule has 62 heavy (non-hydrogen) atoms. The van der Waals surface area contributed by atoms with Crippen LogP contribution in [0.3, 0.4) is 0 Å². The molecule has 5 aromatic heterocycles. The molecule has 6 nitrogen and oxygen atoms in total. The normalized spacial score (nSPS) is 12.9. The smallest absolute Gasteiger partial charge is 0.0993 e. The number of aromatic nitrogens is 6. The molecule has 2 N–H and O–H groups in total. The Hall–Kier alpha value is -5.92. The number of hydrogen-bond donors (Lipinski definition) is 2. The molecule has 10 rings (SSSR count). The highest BCUT2D eigenvalue weighted by atomic mass is 32.1. The van der Waals surface area contributed by atoms with Gasteiger partial charge in [0.2, 0.25) is 0 Å². The molecular formula is C55H60N6S. The van der Waals surface area contributed by atoms with Crippen LogP contribution in [0.25, 0.3) is 68.5 Å². The lowest BCUT2D eigenvalue weighted by atomic mass is 9.70. The van der Waals surface area contributed by atoms with E-state index in [1.807, 2.05) is 53.3 Å². The maximum absolute atomic E-state index is 4.62. The van der Waals surface area contributed by atoms with Gasteiger partial charge in [-0.15, -0.1) is 11.3 Å². The van der Waals surface area contributed by atoms with Crippen molar-refractivity contribution in [2.24, 2.45) is 0 Å². The number of thiophene rings is 1. The maximum Gasteiger partial charge on any atom is 0.0993 e. The third-order valence-electron chi connectivity index (χ3n) is 12.2. The minimum Gasteiger partial charge on any atom is -0.355 e. The van der Waals surface area contributed by atoms with E-state index in [0.717, 1.165) is 55.9 Å². The molecule has 0 atom stereocenters. The van der Waals surface area contributed by atoms with Gasteiger partial charge in [-0.25, -0.2) is 9.97 Å². The molecule has 2 aliphatic heterocycles. The average molecular weight is 837 g/mol.